The summed E-state index contributed by atoms with van der Waals surface area (Å²) < 4.78 is 67.4. The van der Waals surface area contributed by atoms with Crippen molar-refractivity contribution in [1.82, 2.24) is 0 Å². The van der Waals surface area contributed by atoms with Gasteiger partial charge in [0, 0.05) is 6.07 Å². The normalized spacial score (nSPS) is 11.5. The number of carbonyl (C=O) groups excluding carboxylic acids is 1. The van der Waals surface area contributed by atoms with E-state index < -0.39 is 35.7 Å². The van der Waals surface area contributed by atoms with Crippen LogP contribution in [0.4, 0.5) is 13.2 Å². The molecular weight excluding hydrogens is 457 g/mol. The van der Waals surface area contributed by atoms with E-state index in [1.165, 1.54) is 30.3 Å². The number of hydrogen-bond donors (Lipinski definition) is 0. The van der Waals surface area contributed by atoms with Crippen molar-refractivity contribution in [2.24, 2.45) is 5.92 Å². The number of halogens is 3. The lowest BCUT2D eigenvalue weighted by atomic mass is 10.2. The predicted octanol–water partition coefficient (Wildman–Crippen LogP) is 5.58. The van der Waals surface area contributed by atoms with Crippen molar-refractivity contribution in [3.05, 3.63) is 58.4 Å². The highest BCUT2D eigenvalue weighted by Gasteiger charge is 2.40. The second-order valence-electron chi connectivity index (χ2n) is 7.59. The van der Waals surface area contributed by atoms with Crippen LogP contribution >= 0.6 is 0 Å². The van der Waals surface area contributed by atoms with Crippen LogP contribution in [0.25, 0.3) is 11.0 Å². The fraction of sp³-hybridized carbons (Fsp3) is 0.333. The number of benzene rings is 2. The molecule has 0 fully saturated rings. The number of para-hydroxylation sites is 2. The van der Waals surface area contributed by atoms with Gasteiger partial charge in [-0.3, -0.25) is 4.79 Å². The average molecular weight is 480 g/mol. The van der Waals surface area contributed by atoms with Crippen molar-refractivity contribution < 1.29 is 41.3 Å². The molecule has 0 unspecified atom stereocenters. The van der Waals surface area contributed by atoms with Crippen LogP contribution in [-0.2, 0) is 15.7 Å². The number of ether oxygens (including phenoxy) is 4. The van der Waals surface area contributed by atoms with Crippen LogP contribution < -0.4 is 19.6 Å². The van der Waals surface area contributed by atoms with Crippen LogP contribution in [0.5, 0.6) is 23.0 Å². The summed E-state index contributed by atoms with van der Waals surface area (Å²) in [5.41, 5.74) is -1.40. The standard InChI is InChI=1S/C24H23F3O7/c1-4-30-17-7-5-6-8-18(17)33-22-21(29)16-10-9-15(31-13-20(28)32-12-14(2)3)11-19(16)34-23(22)24(25,26)27/h5-11,14H,4,12-13H2,1-3H3. The molecule has 2 aromatic carbocycles. The molecule has 1 heterocycles. The lowest BCUT2D eigenvalue weighted by Gasteiger charge is -2.15. The minimum atomic E-state index is -5.03. The van der Waals surface area contributed by atoms with Gasteiger partial charge in [-0.15, -0.1) is 0 Å². The summed E-state index contributed by atoms with van der Waals surface area (Å²) in [5, 5.41) is -0.161. The Balaban J connectivity index is 1.97. The van der Waals surface area contributed by atoms with E-state index in [2.05, 4.69) is 0 Å². The molecule has 10 heteroatoms. The SMILES string of the molecule is CCOc1ccccc1Oc1c(C(F)(F)F)oc2cc(OCC(=O)OCC(C)C)ccc2c1=O. The fourth-order valence-corrected chi connectivity index (χ4v) is 2.89. The van der Waals surface area contributed by atoms with Crippen molar-refractivity contribution >= 4 is 16.9 Å². The number of rotatable bonds is 9. The van der Waals surface area contributed by atoms with E-state index in [-0.39, 0.29) is 47.3 Å². The van der Waals surface area contributed by atoms with Gasteiger partial charge in [-0.1, -0.05) is 26.0 Å². The molecule has 0 aliphatic heterocycles. The van der Waals surface area contributed by atoms with Crippen molar-refractivity contribution in [1.29, 1.82) is 0 Å². The van der Waals surface area contributed by atoms with E-state index in [0.29, 0.717) is 0 Å². The zero-order chi connectivity index (χ0) is 24.9. The topological polar surface area (TPSA) is 84.2 Å². The number of hydrogen-bond acceptors (Lipinski definition) is 7. The van der Waals surface area contributed by atoms with E-state index in [0.717, 1.165) is 6.07 Å². The maximum absolute atomic E-state index is 13.8. The summed E-state index contributed by atoms with van der Waals surface area (Å²) >= 11 is 0. The molecule has 0 spiro atoms. The molecule has 0 aliphatic rings. The van der Waals surface area contributed by atoms with Gasteiger partial charge in [-0.25, -0.2) is 4.79 Å². The first-order valence-corrected chi connectivity index (χ1v) is 10.5. The van der Waals surface area contributed by atoms with E-state index in [1.807, 2.05) is 13.8 Å². The molecule has 3 aromatic rings. The summed E-state index contributed by atoms with van der Waals surface area (Å²) in [6, 6.07) is 9.70. The van der Waals surface area contributed by atoms with Gasteiger partial charge in [0.1, 0.15) is 11.3 Å². The molecule has 0 bridgehead atoms. The third-order valence-electron chi connectivity index (χ3n) is 4.38. The minimum Gasteiger partial charge on any atom is -0.490 e. The second kappa shape index (κ2) is 10.5. The molecule has 182 valence electrons. The molecule has 3 rings (SSSR count). The summed E-state index contributed by atoms with van der Waals surface area (Å²) in [5.74, 6) is -2.99. The maximum Gasteiger partial charge on any atom is 0.453 e. The number of alkyl halides is 3. The lowest BCUT2D eigenvalue weighted by molar-refractivity contribution is -0.154. The van der Waals surface area contributed by atoms with Crippen LogP contribution in [0.15, 0.2) is 51.7 Å². The monoisotopic (exact) mass is 480 g/mol. The Hall–Kier alpha value is -3.69. The Morgan fingerprint density at radius 2 is 1.76 bits per heavy atom. The van der Waals surface area contributed by atoms with Crippen molar-refractivity contribution in [3.8, 4) is 23.0 Å². The van der Waals surface area contributed by atoms with Crippen molar-refractivity contribution in [2.45, 2.75) is 26.9 Å². The van der Waals surface area contributed by atoms with Gasteiger partial charge in [0.25, 0.3) is 5.76 Å². The number of fused-ring (bicyclic) bond motifs is 1. The van der Waals surface area contributed by atoms with Gasteiger partial charge in [0.05, 0.1) is 18.6 Å². The Labute approximate surface area is 193 Å². The molecule has 0 saturated heterocycles. The molecule has 0 aliphatic carbocycles. The Kier molecular flexibility index (Phi) is 7.70. The first-order valence-electron chi connectivity index (χ1n) is 10.5. The Morgan fingerprint density at radius 3 is 2.41 bits per heavy atom. The van der Waals surface area contributed by atoms with E-state index in [4.69, 9.17) is 23.4 Å². The molecule has 7 nitrogen and oxygen atoms in total. The Bertz CT molecular complexity index is 1220. The van der Waals surface area contributed by atoms with Crippen molar-refractivity contribution in [3.63, 3.8) is 0 Å². The molecule has 0 amide bonds. The number of carbonyl (C=O) groups is 1. The summed E-state index contributed by atoms with van der Waals surface area (Å²) in [6.45, 7) is 5.43. The first kappa shape index (κ1) is 24.9. The molecule has 0 atom stereocenters. The zero-order valence-electron chi connectivity index (χ0n) is 18.7. The zero-order valence-corrected chi connectivity index (χ0v) is 18.7. The van der Waals surface area contributed by atoms with Gasteiger partial charge in [0.15, 0.2) is 18.1 Å². The lowest BCUT2D eigenvalue weighted by Crippen LogP contribution is -2.17. The van der Waals surface area contributed by atoms with Crippen LogP contribution in [0, 0.1) is 5.92 Å². The largest absolute Gasteiger partial charge is 0.490 e. The summed E-state index contributed by atoms with van der Waals surface area (Å²) in [6.07, 6.45) is -5.03. The molecule has 0 saturated carbocycles. The van der Waals surface area contributed by atoms with Gasteiger partial charge in [-0.05, 0) is 37.1 Å². The predicted molar refractivity (Wildman–Crippen MR) is 116 cm³/mol. The quantitative estimate of drug-likeness (QED) is 0.370. The second-order valence-corrected chi connectivity index (χ2v) is 7.59. The average Bonchev–Trinajstić information content (AvgIpc) is 2.78. The van der Waals surface area contributed by atoms with Crippen LogP contribution in [0.2, 0.25) is 0 Å². The Morgan fingerprint density at radius 1 is 1.06 bits per heavy atom. The fourth-order valence-electron chi connectivity index (χ4n) is 2.89. The molecule has 0 radical (unpaired) electrons. The highest BCUT2D eigenvalue weighted by molar-refractivity contribution is 5.80. The summed E-state index contributed by atoms with van der Waals surface area (Å²) in [7, 11) is 0. The summed E-state index contributed by atoms with van der Waals surface area (Å²) in [4.78, 5) is 24.7. The highest BCUT2D eigenvalue weighted by atomic mass is 19.4. The van der Waals surface area contributed by atoms with Crippen LogP contribution in [0.1, 0.15) is 26.5 Å². The third-order valence-corrected chi connectivity index (χ3v) is 4.38. The molecule has 1 aromatic heterocycles. The van der Waals surface area contributed by atoms with Crippen LogP contribution in [0.3, 0.4) is 0 Å². The molecule has 34 heavy (non-hydrogen) atoms. The number of esters is 1. The third kappa shape index (κ3) is 6.00. The van der Waals surface area contributed by atoms with Crippen molar-refractivity contribution in [2.75, 3.05) is 19.8 Å². The smallest absolute Gasteiger partial charge is 0.453 e. The van der Waals surface area contributed by atoms with E-state index >= 15 is 0 Å². The van der Waals surface area contributed by atoms with Crippen LogP contribution in [-0.4, -0.2) is 25.8 Å². The maximum atomic E-state index is 13.8. The van der Waals surface area contributed by atoms with E-state index in [9.17, 15) is 22.8 Å². The van der Waals surface area contributed by atoms with Gasteiger partial charge in [0.2, 0.25) is 11.2 Å². The minimum absolute atomic E-state index is 0.0284. The van der Waals surface area contributed by atoms with E-state index in [1.54, 1.807) is 13.0 Å². The van der Waals surface area contributed by atoms with Gasteiger partial charge >= 0.3 is 12.1 Å². The highest BCUT2D eigenvalue weighted by Crippen LogP contribution is 2.40. The first-order chi connectivity index (χ1) is 16.1. The molecule has 0 N–H and O–H groups in total. The van der Waals surface area contributed by atoms with Gasteiger partial charge in [-0.2, -0.15) is 13.2 Å². The van der Waals surface area contributed by atoms with Gasteiger partial charge < -0.3 is 23.4 Å². The molecular formula is C24H23F3O7.